The van der Waals surface area contributed by atoms with Crippen molar-refractivity contribution in [1.82, 2.24) is 19.4 Å². The number of fused-ring (bicyclic) bond motifs is 3. The molecule has 47 heavy (non-hydrogen) atoms. The summed E-state index contributed by atoms with van der Waals surface area (Å²) in [4.78, 5) is 23.0. The lowest BCUT2D eigenvalue weighted by atomic mass is 9.70. The Hall–Kier alpha value is -3.47. The summed E-state index contributed by atoms with van der Waals surface area (Å²) in [7, 11) is -3.51. The zero-order valence-corrected chi connectivity index (χ0v) is 28.4. The molecule has 0 spiro atoms. The topological polar surface area (TPSA) is 87.5 Å². The van der Waals surface area contributed by atoms with Crippen molar-refractivity contribution in [2.45, 2.75) is 75.4 Å². The molecule has 3 aliphatic heterocycles. The Bertz CT molecular complexity index is 1910. The summed E-state index contributed by atoms with van der Waals surface area (Å²) in [6.07, 6.45) is 7.93. The van der Waals surface area contributed by atoms with Crippen molar-refractivity contribution < 1.29 is 17.6 Å². The molecule has 3 aliphatic rings. The fraction of sp³-hybridized carbons (Fsp3) is 0.444. The van der Waals surface area contributed by atoms with E-state index in [1.54, 1.807) is 23.1 Å². The normalized spacial score (nSPS) is 22.9. The number of likely N-dealkylation sites (tertiary alicyclic amines) is 1. The molecule has 2 bridgehead atoms. The van der Waals surface area contributed by atoms with Gasteiger partial charge in [0.05, 0.1) is 27.9 Å². The molecule has 1 aromatic heterocycles. The van der Waals surface area contributed by atoms with Crippen LogP contribution in [0.4, 0.5) is 10.1 Å². The van der Waals surface area contributed by atoms with Gasteiger partial charge in [-0.1, -0.05) is 35.9 Å². The van der Waals surface area contributed by atoms with E-state index in [1.165, 1.54) is 36.6 Å². The Morgan fingerprint density at radius 1 is 1.00 bits per heavy atom. The van der Waals surface area contributed by atoms with Crippen LogP contribution in [0, 0.1) is 12.7 Å². The first-order valence-electron chi connectivity index (χ1n) is 16.5. The Labute approximate surface area is 281 Å². The molecule has 3 aromatic carbocycles. The molecule has 4 heterocycles. The Morgan fingerprint density at radius 3 is 2.43 bits per heavy atom. The molecule has 0 radical (unpaired) electrons. The fourth-order valence-electron chi connectivity index (χ4n) is 8.57. The molecule has 0 saturated carbocycles. The number of amides is 1. The van der Waals surface area contributed by atoms with Gasteiger partial charge in [-0.2, -0.15) is 0 Å². The van der Waals surface area contributed by atoms with Gasteiger partial charge in [0.15, 0.2) is 0 Å². The molecule has 248 valence electrons. The number of piperidine rings is 2. The van der Waals surface area contributed by atoms with Crippen LogP contribution in [0.25, 0.3) is 11.0 Å². The molecule has 3 atom stereocenters. The molecule has 0 aliphatic carbocycles. The van der Waals surface area contributed by atoms with Crippen LogP contribution < -0.4 is 4.72 Å². The highest BCUT2D eigenvalue weighted by molar-refractivity contribution is 7.92. The molecule has 11 heteroatoms. The number of nitrogens with zero attached hydrogens (tertiary/aromatic N) is 4. The van der Waals surface area contributed by atoms with Crippen LogP contribution >= 0.6 is 11.6 Å². The first kappa shape index (κ1) is 32.1. The third-order valence-corrected chi connectivity index (χ3v) is 11.7. The number of hydrogen-bond acceptors (Lipinski definition) is 5. The van der Waals surface area contributed by atoms with Crippen LogP contribution in [0.2, 0.25) is 5.02 Å². The first-order chi connectivity index (χ1) is 22.5. The summed E-state index contributed by atoms with van der Waals surface area (Å²) in [5.41, 5.74) is 3.55. The van der Waals surface area contributed by atoms with Gasteiger partial charge in [-0.25, -0.2) is 17.8 Å². The standard InChI is InChI=1S/C36H41ClFN5O3S/c1-24-39-33-8-3-4-9-34(33)43(24)30-22-28-11-12-29(23-30)42(28)19-16-36(25-6-5-7-26(38)20-25)14-17-41(18-15-36)35(44)31-21-27(10-13-32(31)37)40-47(2,45)46/h3-10,13,20-21,28-30,40H,11-12,14-19,22-23H2,1-2H3/t28-,29+,30?. The average molecular weight is 678 g/mol. The molecule has 8 nitrogen and oxygen atoms in total. The van der Waals surface area contributed by atoms with Crippen LogP contribution in [-0.2, 0) is 15.4 Å². The largest absolute Gasteiger partial charge is 0.339 e. The van der Waals surface area contributed by atoms with Crippen molar-refractivity contribution in [2.24, 2.45) is 0 Å². The van der Waals surface area contributed by atoms with Crippen LogP contribution in [0.5, 0.6) is 0 Å². The number of aryl methyl sites for hydroxylation is 1. The third kappa shape index (κ3) is 6.39. The molecule has 3 saturated heterocycles. The summed E-state index contributed by atoms with van der Waals surface area (Å²) < 4.78 is 43.1. The van der Waals surface area contributed by atoms with Crippen molar-refractivity contribution in [2.75, 3.05) is 30.6 Å². The Kier molecular flexibility index (Phi) is 8.55. The average Bonchev–Trinajstić information content (AvgIpc) is 3.50. The fourth-order valence-corrected chi connectivity index (χ4v) is 9.32. The van der Waals surface area contributed by atoms with E-state index in [4.69, 9.17) is 16.6 Å². The minimum absolute atomic E-state index is 0.234. The highest BCUT2D eigenvalue weighted by atomic mass is 35.5. The summed E-state index contributed by atoms with van der Waals surface area (Å²) in [5, 5.41) is 0.272. The molecular formula is C36H41ClFN5O3S. The number of rotatable bonds is 8. The van der Waals surface area contributed by atoms with Crippen molar-refractivity contribution in [1.29, 1.82) is 0 Å². The maximum Gasteiger partial charge on any atom is 0.255 e. The lowest BCUT2D eigenvalue weighted by Gasteiger charge is -2.45. The second-order valence-corrected chi connectivity index (χ2v) is 15.8. The number of halogens is 2. The second kappa shape index (κ2) is 12.5. The smallest absolute Gasteiger partial charge is 0.255 e. The molecular weight excluding hydrogens is 637 g/mol. The molecule has 1 N–H and O–H groups in total. The Morgan fingerprint density at radius 2 is 1.72 bits per heavy atom. The highest BCUT2D eigenvalue weighted by Gasteiger charge is 2.44. The van der Waals surface area contributed by atoms with Gasteiger partial charge in [-0.15, -0.1) is 0 Å². The maximum atomic E-state index is 14.6. The van der Waals surface area contributed by atoms with Crippen molar-refractivity contribution >= 4 is 44.3 Å². The van der Waals surface area contributed by atoms with Gasteiger partial charge in [-0.3, -0.25) is 14.4 Å². The number of anilines is 1. The molecule has 4 aromatic rings. The number of hydrogen-bond donors (Lipinski definition) is 1. The maximum absolute atomic E-state index is 14.6. The molecule has 1 unspecified atom stereocenters. The van der Waals surface area contributed by atoms with E-state index < -0.39 is 10.0 Å². The van der Waals surface area contributed by atoms with E-state index in [-0.39, 0.29) is 27.7 Å². The van der Waals surface area contributed by atoms with Crippen molar-refractivity contribution in [3.8, 4) is 0 Å². The summed E-state index contributed by atoms with van der Waals surface area (Å²) in [5.74, 6) is 0.601. The first-order valence-corrected chi connectivity index (χ1v) is 18.8. The number of aromatic nitrogens is 2. The summed E-state index contributed by atoms with van der Waals surface area (Å²) >= 11 is 6.42. The molecule has 1 amide bonds. The number of nitrogens with one attached hydrogen (secondary N) is 1. The number of imidazole rings is 1. The van der Waals surface area contributed by atoms with E-state index in [9.17, 15) is 17.6 Å². The van der Waals surface area contributed by atoms with Gasteiger partial charge in [-0.05, 0) is 112 Å². The zero-order valence-electron chi connectivity index (χ0n) is 26.8. The lowest BCUT2D eigenvalue weighted by molar-refractivity contribution is 0.0606. The van der Waals surface area contributed by atoms with Gasteiger partial charge in [0.1, 0.15) is 11.6 Å². The van der Waals surface area contributed by atoms with Gasteiger partial charge >= 0.3 is 0 Å². The number of carbonyl (C=O) groups is 1. The molecule has 3 fully saturated rings. The van der Waals surface area contributed by atoms with Gasteiger partial charge < -0.3 is 9.47 Å². The van der Waals surface area contributed by atoms with Crippen molar-refractivity contribution in [3.63, 3.8) is 0 Å². The van der Waals surface area contributed by atoms with E-state index in [2.05, 4.69) is 39.3 Å². The zero-order chi connectivity index (χ0) is 32.9. The highest BCUT2D eigenvalue weighted by Crippen LogP contribution is 2.45. The molecule has 7 rings (SSSR count). The third-order valence-electron chi connectivity index (χ3n) is 10.8. The predicted octanol–water partition coefficient (Wildman–Crippen LogP) is 6.94. The minimum Gasteiger partial charge on any atom is -0.339 e. The summed E-state index contributed by atoms with van der Waals surface area (Å²) in [6, 6.07) is 21.4. The summed E-state index contributed by atoms with van der Waals surface area (Å²) in [6.45, 7) is 4.04. The quantitative estimate of drug-likeness (QED) is 0.218. The minimum atomic E-state index is -3.51. The van der Waals surface area contributed by atoms with Gasteiger partial charge in [0.2, 0.25) is 10.0 Å². The lowest BCUT2D eigenvalue weighted by Crippen LogP contribution is -2.49. The number of para-hydroxylation sites is 2. The van der Waals surface area contributed by atoms with E-state index in [0.29, 0.717) is 49.7 Å². The van der Waals surface area contributed by atoms with E-state index in [0.717, 1.165) is 49.0 Å². The van der Waals surface area contributed by atoms with Crippen LogP contribution in [0.15, 0.2) is 66.7 Å². The second-order valence-electron chi connectivity index (χ2n) is 13.7. The van der Waals surface area contributed by atoms with Crippen molar-refractivity contribution in [3.05, 3.63) is 94.5 Å². The van der Waals surface area contributed by atoms with E-state index >= 15 is 0 Å². The number of benzene rings is 3. The Balaban J connectivity index is 1.07. The van der Waals surface area contributed by atoms with Crippen LogP contribution in [-0.4, -0.2) is 71.6 Å². The number of sulfonamides is 1. The van der Waals surface area contributed by atoms with Crippen LogP contribution in [0.1, 0.15) is 72.7 Å². The number of carbonyl (C=O) groups excluding carboxylic acids is 1. The monoisotopic (exact) mass is 677 g/mol. The van der Waals surface area contributed by atoms with E-state index in [1.807, 2.05) is 12.1 Å². The van der Waals surface area contributed by atoms with Crippen LogP contribution in [0.3, 0.4) is 0 Å². The SMILES string of the molecule is Cc1nc2ccccc2n1C1C[C@H]2CC[C@@H](C1)N2CCC1(c2cccc(F)c2)CCN(C(=O)c2cc(NS(C)(=O)=O)ccc2Cl)CC1. The van der Waals surface area contributed by atoms with Gasteiger partial charge in [0.25, 0.3) is 5.91 Å². The predicted molar refractivity (Wildman–Crippen MR) is 184 cm³/mol. The van der Waals surface area contributed by atoms with Gasteiger partial charge in [0, 0.05) is 36.9 Å².